The Kier molecular flexibility index (Phi) is 4.81. The lowest BCUT2D eigenvalue weighted by atomic mass is 10.2. The molecule has 2 rings (SSSR count). The van der Waals surface area contributed by atoms with Gasteiger partial charge in [-0.2, -0.15) is 0 Å². The van der Waals surface area contributed by atoms with Gasteiger partial charge in [0.15, 0.2) is 0 Å². The molecule has 1 N–H and O–H groups in total. The maximum atomic E-state index is 12.2. The van der Waals surface area contributed by atoms with Crippen molar-refractivity contribution in [3.63, 3.8) is 0 Å². The van der Waals surface area contributed by atoms with Crippen molar-refractivity contribution in [1.82, 2.24) is 4.72 Å². The molecule has 0 unspecified atom stereocenters. The van der Waals surface area contributed by atoms with Crippen LogP contribution in [0.3, 0.4) is 0 Å². The largest absolute Gasteiger partial charge is 0.240 e. The van der Waals surface area contributed by atoms with Crippen LogP contribution in [0.2, 0.25) is 5.02 Å². The zero-order valence-electron chi connectivity index (χ0n) is 11.1. The molecule has 0 saturated carbocycles. The Hall–Kier alpha value is -1.36. The van der Waals surface area contributed by atoms with Gasteiger partial charge in [0.2, 0.25) is 10.0 Å². The van der Waals surface area contributed by atoms with Crippen LogP contribution in [0.15, 0.2) is 53.4 Å². The van der Waals surface area contributed by atoms with Crippen molar-refractivity contribution >= 4 is 21.6 Å². The SMILES string of the molecule is Cc1c(Cl)cccc1S(=O)(=O)NCCc1ccccc1. The maximum Gasteiger partial charge on any atom is 0.240 e. The Labute approximate surface area is 124 Å². The third kappa shape index (κ3) is 3.60. The molecule has 5 heteroatoms. The Bertz CT molecular complexity index is 684. The van der Waals surface area contributed by atoms with E-state index < -0.39 is 10.0 Å². The fourth-order valence-electron chi connectivity index (χ4n) is 1.93. The molecule has 0 spiro atoms. The van der Waals surface area contributed by atoms with Crippen LogP contribution in [0.4, 0.5) is 0 Å². The second-order valence-corrected chi connectivity index (χ2v) is 6.64. The summed E-state index contributed by atoms with van der Waals surface area (Å²) in [6.07, 6.45) is 0.652. The van der Waals surface area contributed by atoms with Crippen molar-refractivity contribution in [1.29, 1.82) is 0 Å². The average Bonchev–Trinajstić information content (AvgIpc) is 2.42. The van der Waals surface area contributed by atoms with E-state index in [1.165, 1.54) is 0 Å². The van der Waals surface area contributed by atoms with Gasteiger partial charge in [-0.25, -0.2) is 13.1 Å². The summed E-state index contributed by atoms with van der Waals surface area (Å²) in [6, 6.07) is 14.6. The van der Waals surface area contributed by atoms with E-state index in [-0.39, 0.29) is 4.90 Å². The second kappa shape index (κ2) is 6.39. The Morgan fingerprint density at radius 3 is 2.45 bits per heavy atom. The van der Waals surface area contributed by atoms with E-state index >= 15 is 0 Å². The van der Waals surface area contributed by atoms with Gasteiger partial charge in [0.25, 0.3) is 0 Å². The predicted molar refractivity (Wildman–Crippen MR) is 81.5 cm³/mol. The lowest BCUT2D eigenvalue weighted by Gasteiger charge is -2.10. The quantitative estimate of drug-likeness (QED) is 0.922. The average molecular weight is 310 g/mol. The third-order valence-corrected chi connectivity index (χ3v) is 5.07. The van der Waals surface area contributed by atoms with Crippen LogP contribution >= 0.6 is 11.6 Å². The van der Waals surface area contributed by atoms with Gasteiger partial charge in [0, 0.05) is 11.6 Å². The van der Waals surface area contributed by atoms with Crippen LogP contribution in [0, 0.1) is 6.92 Å². The van der Waals surface area contributed by atoms with Gasteiger partial charge >= 0.3 is 0 Å². The lowest BCUT2D eigenvalue weighted by Crippen LogP contribution is -2.26. The molecular formula is C15H16ClNO2S. The Morgan fingerprint density at radius 1 is 1.05 bits per heavy atom. The molecule has 0 heterocycles. The van der Waals surface area contributed by atoms with E-state index in [9.17, 15) is 8.42 Å². The first-order chi connectivity index (χ1) is 9.50. The Morgan fingerprint density at radius 2 is 1.75 bits per heavy atom. The molecule has 0 saturated heterocycles. The molecule has 0 fully saturated rings. The molecule has 2 aromatic carbocycles. The van der Waals surface area contributed by atoms with Crippen molar-refractivity contribution in [2.75, 3.05) is 6.54 Å². The van der Waals surface area contributed by atoms with Crippen molar-refractivity contribution < 1.29 is 8.42 Å². The predicted octanol–water partition coefficient (Wildman–Crippen LogP) is 3.17. The summed E-state index contributed by atoms with van der Waals surface area (Å²) < 4.78 is 27.1. The minimum Gasteiger partial charge on any atom is -0.211 e. The zero-order chi connectivity index (χ0) is 14.6. The number of hydrogen-bond acceptors (Lipinski definition) is 2. The van der Waals surface area contributed by atoms with Gasteiger partial charge in [-0.1, -0.05) is 48.0 Å². The zero-order valence-corrected chi connectivity index (χ0v) is 12.7. The van der Waals surface area contributed by atoms with E-state index in [1.807, 2.05) is 30.3 Å². The van der Waals surface area contributed by atoms with Crippen molar-refractivity contribution in [3.05, 3.63) is 64.7 Å². The third-order valence-electron chi connectivity index (χ3n) is 3.06. The van der Waals surface area contributed by atoms with Gasteiger partial charge < -0.3 is 0 Å². The lowest BCUT2D eigenvalue weighted by molar-refractivity contribution is 0.581. The molecule has 0 bridgehead atoms. The molecule has 2 aromatic rings. The second-order valence-electron chi connectivity index (χ2n) is 4.50. The summed E-state index contributed by atoms with van der Waals surface area (Å²) in [6.45, 7) is 2.06. The molecule has 106 valence electrons. The van der Waals surface area contributed by atoms with Crippen LogP contribution in [-0.4, -0.2) is 15.0 Å². The number of nitrogens with one attached hydrogen (secondary N) is 1. The summed E-state index contributed by atoms with van der Waals surface area (Å²) >= 11 is 5.96. The highest BCUT2D eigenvalue weighted by atomic mass is 35.5. The van der Waals surface area contributed by atoms with E-state index in [1.54, 1.807) is 25.1 Å². The van der Waals surface area contributed by atoms with E-state index in [4.69, 9.17) is 11.6 Å². The van der Waals surface area contributed by atoms with Gasteiger partial charge in [0.05, 0.1) is 4.90 Å². The van der Waals surface area contributed by atoms with Crippen LogP contribution in [-0.2, 0) is 16.4 Å². The first-order valence-corrected chi connectivity index (χ1v) is 8.15. The van der Waals surface area contributed by atoms with Crippen molar-refractivity contribution in [3.8, 4) is 0 Å². The van der Waals surface area contributed by atoms with Crippen LogP contribution in [0.1, 0.15) is 11.1 Å². The summed E-state index contributed by atoms with van der Waals surface area (Å²) in [5.74, 6) is 0. The number of rotatable bonds is 5. The summed E-state index contributed by atoms with van der Waals surface area (Å²) in [4.78, 5) is 0.234. The normalized spacial score (nSPS) is 11.5. The van der Waals surface area contributed by atoms with Crippen LogP contribution in [0.25, 0.3) is 0 Å². The molecule has 0 aliphatic carbocycles. The highest BCUT2D eigenvalue weighted by Gasteiger charge is 2.17. The molecular weight excluding hydrogens is 294 g/mol. The molecule has 0 amide bonds. The first-order valence-electron chi connectivity index (χ1n) is 6.29. The van der Waals surface area contributed by atoms with Gasteiger partial charge in [-0.3, -0.25) is 0 Å². The summed E-state index contributed by atoms with van der Waals surface area (Å²) in [5, 5.41) is 0.455. The standard InChI is InChI=1S/C15H16ClNO2S/c1-12-14(16)8-5-9-15(12)20(18,19)17-11-10-13-6-3-2-4-7-13/h2-9,17H,10-11H2,1H3. The minimum absolute atomic E-state index is 0.234. The smallest absolute Gasteiger partial charge is 0.211 e. The van der Waals surface area contributed by atoms with Crippen molar-refractivity contribution in [2.45, 2.75) is 18.2 Å². The summed E-state index contributed by atoms with van der Waals surface area (Å²) in [5.41, 5.74) is 1.67. The number of halogens is 1. The topological polar surface area (TPSA) is 46.2 Å². The molecule has 0 aliphatic rings. The molecule has 0 radical (unpaired) electrons. The fraction of sp³-hybridized carbons (Fsp3) is 0.200. The van der Waals surface area contributed by atoms with Crippen LogP contribution < -0.4 is 4.72 Å². The first kappa shape index (κ1) is 15.0. The van der Waals surface area contributed by atoms with Crippen molar-refractivity contribution in [2.24, 2.45) is 0 Å². The maximum absolute atomic E-state index is 12.2. The van der Waals surface area contributed by atoms with E-state index in [2.05, 4.69) is 4.72 Å². The number of hydrogen-bond donors (Lipinski definition) is 1. The monoisotopic (exact) mass is 309 g/mol. The number of benzene rings is 2. The van der Waals surface area contributed by atoms with Crippen LogP contribution in [0.5, 0.6) is 0 Å². The minimum atomic E-state index is -3.52. The van der Waals surface area contributed by atoms with Gasteiger partial charge in [-0.15, -0.1) is 0 Å². The fourth-order valence-corrected chi connectivity index (χ4v) is 3.46. The van der Waals surface area contributed by atoms with E-state index in [0.29, 0.717) is 23.6 Å². The number of sulfonamides is 1. The summed E-state index contributed by atoms with van der Waals surface area (Å²) in [7, 11) is -3.52. The van der Waals surface area contributed by atoms with Gasteiger partial charge in [-0.05, 0) is 36.6 Å². The molecule has 0 aromatic heterocycles. The molecule has 20 heavy (non-hydrogen) atoms. The molecule has 0 aliphatic heterocycles. The molecule has 3 nitrogen and oxygen atoms in total. The Balaban J connectivity index is 2.06. The highest BCUT2D eigenvalue weighted by molar-refractivity contribution is 7.89. The van der Waals surface area contributed by atoms with Gasteiger partial charge in [0.1, 0.15) is 0 Å². The molecule has 0 atom stereocenters. The highest BCUT2D eigenvalue weighted by Crippen LogP contribution is 2.22. The van der Waals surface area contributed by atoms with E-state index in [0.717, 1.165) is 5.56 Å².